The molecule has 1 amide bonds. The van der Waals surface area contributed by atoms with Crippen LogP contribution >= 0.6 is 11.6 Å². The molecule has 0 heterocycles. The third kappa shape index (κ3) is 4.74. The highest BCUT2D eigenvalue weighted by molar-refractivity contribution is 6.31. The number of hydrogen-bond donors (Lipinski definition) is 1. The molecule has 0 aliphatic heterocycles. The van der Waals surface area contributed by atoms with Gasteiger partial charge in [-0.15, -0.1) is 0 Å². The van der Waals surface area contributed by atoms with Crippen LogP contribution in [0.5, 0.6) is 5.75 Å². The van der Waals surface area contributed by atoms with Gasteiger partial charge in [-0.05, 0) is 55.2 Å². The van der Waals surface area contributed by atoms with Crippen LogP contribution in [0.2, 0.25) is 5.02 Å². The first-order valence-electron chi connectivity index (χ1n) is 8.49. The van der Waals surface area contributed by atoms with Crippen molar-refractivity contribution in [2.45, 2.75) is 32.4 Å². The van der Waals surface area contributed by atoms with Gasteiger partial charge >= 0.3 is 0 Å². The molecule has 1 saturated carbocycles. The highest BCUT2D eigenvalue weighted by Crippen LogP contribution is 2.29. The smallest absolute Gasteiger partial charge is 0.238 e. The molecule has 0 unspecified atom stereocenters. The topological polar surface area (TPSA) is 41.6 Å². The Kier molecular flexibility index (Phi) is 5.61. The van der Waals surface area contributed by atoms with Crippen LogP contribution in [0.1, 0.15) is 24.0 Å². The minimum absolute atomic E-state index is 0.00854. The molecule has 1 aliphatic carbocycles. The molecule has 3 rings (SSSR count). The lowest BCUT2D eigenvalue weighted by atomic mass is 10.2. The standard InChI is InChI=1S/C20H23ClN2O2/c1-14-18(21)4-3-5-19(14)22-20(24)13-23(16-8-9-16)12-15-6-10-17(25-2)11-7-15/h3-7,10-11,16H,8-9,12-13H2,1-2H3,(H,22,24). The van der Waals surface area contributed by atoms with Gasteiger partial charge in [0.15, 0.2) is 0 Å². The van der Waals surface area contributed by atoms with Gasteiger partial charge in [0, 0.05) is 23.3 Å². The lowest BCUT2D eigenvalue weighted by molar-refractivity contribution is -0.117. The number of halogens is 1. The van der Waals surface area contributed by atoms with Crippen LogP contribution in [-0.4, -0.2) is 30.5 Å². The molecule has 2 aromatic rings. The molecule has 0 aromatic heterocycles. The van der Waals surface area contributed by atoms with Crippen LogP contribution in [0.3, 0.4) is 0 Å². The van der Waals surface area contributed by atoms with Crippen LogP contribution in [0.25, 0.3) is 0 Å². The Morgan fingerprint density at radius 3 is 2.60 bits per heavy atom. The summed E-state index contributed by atoms with van der Waals surface area (Å²) in [5.74, 6) is 0.835. The van der Waals surface area contributed by atoms with Gasteiger partial charge < -0.3 is 10.1 Å². The molecule has 0 spiro atoms. The summed E-state index contributed by atoms with van der Waals surface area (Å²) < 4.78 is 5.20. The maximum atomic E-state index is 12.5. The number of nitrogens with zero attached hydrogens (tertiary/aromatic N) is 1. The van der Waals surface area contributed by atoms with Crippen molar-refractivity contribution in [2.75, 3.05) is 19.0 Å². The Morgan fingerprint density at radius 1 is 1.24 bits per heavy atom. The quantitative estimate of drug-likeness (QED) is 0.804. The Labute approximate surface area is 153 Å². The van der Waals surface area contributed by atoms with E-state index in [-0.39, 0.29) is 5.91 Å². The molecule has 0 radical (unpaired) electrons. The van der Waals surface area contributed by atoms with Crippen LogP contribution in [0.15, 0.2) is 42.5 Å². The van der Waals surface area contributed by atoms with Crippen molar-refractivity contribution in [2.24, 2.45) is 0 Å². The second kappa shape index (κ2) is 7.89. The molecule has 25 heavy (non-hydrogen) atoms. The summed E-state index contributed by atoms with van der Waals surface area (Å²) in [5.41, 5.74) is 2.85. The number of anilines is 1. The summed E-state index contributed by atoms with van der Waals surface area (Å²) in [6.07, 6.45) is 2.30. The van der Waals surface area contributed by atoms with Gasteiger partial charge in [-0.3, -0.25) is 9.69 Å². The van der Waals surface area contributed by atoms with Crippen molar-refractivity contribution in [1.82, 2.24) is 4.90 Å². The number of benzene rings is 2. The van der Waals surface area contributed by atoms with E-state index in [2.05, 4.69) is 10.2 Å². The largest absolute Gasteiger partial charge is 0.497 e. The van der Waals surface area contributed by atoms with Crippen molar-refractivity contribution in [1.29, 1.82) is 0 Å². The molecular weight excluding hydrogens is 336 g/mol. The monoisotopic (exact) mass is 358 g/mol. The summed E-state index contributed by atoms with van der Waals surface area (Å²) in [6, 6.07) is 14.1. The first-order valence-corrected chi connectivity index (χ1v) is 8.86. The lowest BCUT2D eigenvalue weighted by Crippen LogP contribution is -2.34. The van der Waals surface area contributed by atoms with Gasteiger partial charge in [-0.2, -0.15) is 0 Å². The number of ether oxygens (including phenoxy) is 1. The first-order chi connectivity index (χ1) is 12.1. The molecule has 0 bridgehead atoms. The van der Waals surface area contributed by atoms with E-state index in [9.17, 15) is 4.79 Å². The molecular formula is C20H23ClN2O2. The van der Waals surface area contributed by atoms with Gasteiger partial charge in [0.25, 0.3) is 0 Å². The fourth-order valence-corrected chi connectivity index (χ4v) is 3.01. The molecule has 1 aliphatic rings. The summed E-state index contributed by atoms with van der Waals surface area (Å²) >= 11 is 6.12. The molecule has 1 N–H and O–H groups in total. The van der Waals surface area contributed by atoms with E-state index in [4.69, 9.17) is 16.3 Å². The van der Waals surface area contributed by atoms with E-state index in [1.807, 2.05) is 49.4 Å². The average molecular weight is 359 g/mol. The highest BCUT2D eigenvalue weighted by Gasteiger charge is 2.30. The van der Waals surface area contributed by atoms with Crippen molar-refractivity contribution >= 4 is 23.2 Å². The van der Waals surface area contributed by atoms with E-state index < -0.39 is 0 Å². The molecule has 2 aromatic carbocycles. The normalized spacial score (nSPS) is 13.8. The van der Waals surface area contributed by atoms with Gasteiger partial charge in [0.1, 0.15) is 5.75 Å². The number of hydrogen-bond acceptors (Lipinski definition) is 3. The van der Waals surface area contributed by atoms with Crippen molar-refractivity contribution in [3.05, 3.63) is 58.6 Å². The summed E-state index contributed by atoms with van der Waals surface area (Å²) in [5, 5.41) is 3.65. The molecule has 132 valence electrons. The minimum atomic E-state index is -0.00854. The van der Waals surface area contributed by atoms with Crippen LogP contribution in [0, 0.1) is 6.92 Å². The number of carbonyl (C=O) groups excluding carboxylic acids is 1. The predicted octanol–water partition coefficient (Wildman–Crippen LogP) is 4.26. The Morgan fingerprint density at radius 2 is 1.96 bits per heavy atom. The number of nitrogens with one attached hydrogen (secondary N) is 1. The van der Waals surface area contributed by atoms with Crippen LogP contribution in [-0.2, 0) is 11.3 Å². The molecule has 0 atom stereocenters. The van der Waals surface area contributed by atoms with Gasteiger partial charge in [-0.1, -0.05) is 29.8 Å². The highest BCUT2D eigenvalue weighted by atomic mass is 35.5. The third-order valence-corrected chi connectivity index (χ3v) is 4.91. The van der Waals surface area contributed by atoms with Crippen LogP contribution < -0.4 is 10.1 Å². The van der Waals surface area contributed by atoms with Gasteiger partial charge in [-0.25, -0.2) is 0 Å². The lowest BCUT2D eigenvalue weighted by Gasteiger charge is -2.22. The van der Waals surface area contributed by atoms with E-state index in [1.165, 1.54) is 5.56 Å². The fraction of sp³-hybridized carbons (Fsp3) is 0.350. The second-order valence-electron chi connectivity index (χ2n) is 6.44. The van der Waals surface area contributed by atoms with Crippen LogP contribution in [0.4, 0.5) is 5.69 Å². The maximum Gasteiger partial charge on any atom is 0.238 e. The van der Waals surface area contributed by atoms with Crippen molar-refractivity contribution in [3.63, 3.8) is 0 Å². The minimum Gasteiger partial charge on any atom is -0.497 e. The van der Waals surface area contributed by atoms with E-state index in [0.717, 1.165) is 36.4 Å². The zero-order chi connectivity index (χ0) is 17.8. The number of carbonyl (C=O) groups is 1. The summed E-state index contributed by atoms with van der Waals surface area (Å²) in [4.78, 5) is 14.7. The molecule has 1 fully saturated rings. The van der Waals surface area contributed by atoms with E-state index in [0.29, 0.717) is 17.6 Å². The third-order valence-electron chi connectivity index (χ3n) is 4.50. The predicted molar refractivity (Wildman–Crippen MR) is 101 cm³/mol. The zero-order valence-corrected chi connectivity index (χ0v) is 15.3. The first kappa shape index (κ1) is 17.8. The SMILES string of the molecule is COc1ccc(CN(CC(=O)Nc2cccc(Cl)c2C)C2CC2)cc1. The number of rotatable bonds is 7. The Hall–Kier alpha value is -2.04. The Bertz CT molecular complexity index is 742. The second-order valence-corrected chi connectivity index (χ2v) is 6.85. The van der Waals surface area contributed by atoms with Gasteiger partial charge in [0.2, 0.25) is 5.91 Å². The number of amides is 1. The number of methoxy groups -OCH3 is 1. The zero-order valence-electron chi connectivity index (χ0n) is 14.6. The molecule has 5 heteroatoms. The van der Waals surface area contributed by atoms with E-state index >= 15 is 0 Å². The molecule has 0 saturated heterocycles. The summed E-state index contributed by atoms with van der Waals surface area (Å²) in [6.45, 7) is 3.05. The van der Waals surface area contributed by atoms with E-state index in [1.54, 1.807) is 7.11 Å². The fourth-order valence-electron chi connectivity index (χ4n) is 2.84. The van der Waals surface area contributed by atoms with Gasteiger partial charge in [0.05, 0.1) is 13.7 Å². The average Bonchev–Trinajstić information content (AvgIpc) is 3.44. The summed E-state index contributed by atoms with van der Waals surface area (Å²) in [7, 11) is 1.66. The molecule has 4 nitrogen and oxygen atoms in total. The Balaban J connectivity index is 1.63. The van der Waals surface area contributed by atoms with Crippen molar-refractivity contribution < 1.29 is 9.53 Å². The maximum absolute atomic E-state index is 12.5. The van der Waals surface area contributed by atoms with Crippen molar-refractivity contribution in [3.8, 4) is 5.75 Å².